The fourth-order valence-corrected chi connectivity index (χ4v) is 6.26. The first-order valence-electron chi connectivity index (χ1n) is 10.3. The van der Waals surface area contributed by atoms with Crippen LogP contribution in [0.4, 0.5) is 0 Å². The summed E-state index contributed by atoms with van der Waals surface area (Å²) in [5.41, 5.74) is 16.3. The van der Waals surface area contributed by atoms with Gasteiger partial charge in [-0.05, 0) is 69.3 Å². The number of hydrogen-bond donors (Lipinski definition) is 2. The molecule has 0 amide bonds. The molecule has 0 saturated heterocycles. The van der Waals surface area contributed by atoms with Crippen LogP contribution < -0.4 is 11.5 Å². The van der Waals surface area contributed by atoms with E-state index < -0.39 is 0 Å². The highest BCUT2D eigenvalue weighted by Gasteiger charge is 2.43. The Hall–Kier alpha value is -0.860. The van der Waals surface area contributed by atoms with E-state index in [1.807, 2.05) is 0 Å². The third-order valence-electron chi connectivity index (χ3n) is 6.87. The maximum absolute atomic E-state index is 6.82. The Bertz CT molecular complexity index is 593. The molecule has 0 spiro atoms. The Balaban J connectivity index is 1.89. The van der Waals surface area contributed by atoms with Crippen molar-refractivity contribution in [2.24, 2.45) is 41.1 Å². The van der Waals surface area contributed by atoms with Gasteiger partial charge in [-0.1, -0.05) is 50.6 Å². The van der Waals surface area contributed by atoms with Crippen LogP contribution in [0.15, 0.2) is 35.5 Å². The van der Waals surface area contributed by atoms with Crippen molar-refractivity contribution in [3.05, 3.63) is 35.5 Å². The van der Waals surface area contributed by atoms with Crippen molar-refractivity contribution in [1.82, 2.24) is 0 Å². The molecule has 140 valence electrons. The Kier molecular flexibility index (Phi) is 5.07. The van der Waals surface area contributed by atoms with Gasteiger partial charge in [-0.25, -0.2) is 0 Å². The smallest absolute Gasteiger partial charge is 0.0232 e. The van der Waals surface area contributed by atoms with Crippen molar-refractivity contribution in [1.29, 1.82) is 0 Å². The molecule has 0 bridgehead atoms. The van der Waals surface area contributed by atoms with Crippen LogP contribution in [0.2, 0.25) is 0 Å². The van der Waals surface area contributed by atoms with Gasteiger partial charge >= 0.3 is 0 Å². The third-order valence-corrected chi connectivity index (χ3v) is 6.87. The zero-order chi connectivity index (χ0) is 18.4. The highest BCUT2D eigenvalue weighted by Crippen LogP contribution is 2.46. The second-order valence-corrected chi connectivity index (χ2v) is 10.0. The number of rotatable bonds is 2. The summed E-state index contributed by atoms with van der Waals surface area (Å²) in [7, 11) is 0. The molecule has 0 aromatic heterocycles. The van der Waals surface area contributed by atoms with Crippen LogP contribution >= 0.6 is 0 Å². The van der Waals surface area contributed by atoms with E-state index in [4.69, 9.17) is 11.5 Å². The standard InChI is InChI=1S/C23H38N2/c1-15-9-10-20(22(4,24)13-15)18-7-6-8-19(12-18)21-17(3)11-16(2)14-23(21,5)25/h8-10,12,15-17,20-21H,6-7,11,13-14,24-25H2,1-5H3. The number of allylic oxidation sites excluding steroid dienone is 3. The average Bonchev–Trinajstić information content (AvgIpc) is 2.44. The monoisotopic (exact) mass is 342 g/mol. The molecule has 0 aliphatic heterocycles. The Labute approximate surface area is 154 Å². The van der Waals surface area contributed by atoms with Gasteiger partial charge in [0.1, 0.15) is 0 Å². The van der Waals surface area contributed by atoms with Gasteiger partial charge in [0.25, 0.3) is 0 Å². The molecule has 7 unspecified atom stereocenters. The third kappa shape index (κ3) is 3.80. The highest BCUT2D eigenvalue weighted by molar-refractivity contribution is 5.37. The summed E-state index contributed by atoms with van der Waals surface area (Å²) in [5, 5.41) is 0. The predicted molar refractivity (Wildman–Crippen MR) is 108 cm³/mol. The second kappa shape index (κ2) is 6.70. The minimum absolute atomic E-state index is 0.106. The summed E-state index contributed by atoms with van der Waals surface area (Å²) in [6.07, 6.45) is 15.4. The first kappa shape index (κ1) is 18.9. The maximum atomic E-state index is 6.82. The SMILES string of the molecule is CC1C=CC(C2=CC(C3C(C)CC(C)CC3(C)N)=CCC2)C(C)(N)C1. The molecule has 0 aromatic carbocycles. The van der Waals surface area contributed by atoms with Crippen LogP contribution in [-0.4, -0.2) is 11.1 Å². The lowest BCUT2D eigenvalue weighted by Crippen LogP contribution is -2.52. The van der Waals surface area contributed by atoms with Crippen LogP contribution in [0.5, 0.6) is 0 Å². The zero-order valence-corrected chi connectivity index (χ0v) is 16.9. The molecule has 1 saturated carbocycles. The number of hydrogen-bond acceptors (Lipinski definition) is 2. The lowest BCUT2D eigenvalue weighted by molar-refractivity contribution is 0.133. The molecule has 2 nitrogen and oxygen atoms in total. The first-order chi connectivity index (χ1) is 11.6. The largest absolute Gasteiger partial charge is 0.325 e. The number of nitrogens with two attached hydrogens (primary N) is 2. The summed E-state index contributed by atoms with van der Waals surface area (Å²) >= 11 is 0. The fourth-order valence-electron chi connectivity index (χ4n) is 6.26. The average molecular weight is 343 g/mol. The topological polar surface area (TPSA) is 52.0 Å². The van der Waals surface area contributed by atoms with Crippen molar-refractivity contribution in [2.75, 3.05) is 0 Å². The van der Waals surface area contributed by atoms with Crippen LogP contribution in [0.1, 0.15) is 66.7 Å². The molecular formula is C23H38N2. The van der Waals surface area contributed by atoms with Crippen molar-refractivity contribution >= 4 is 0 Å². The molecule has 1 fully saturated rings. The quantitative estimate of drug-likeness (QED) is 0.697. The normalized spacial score (nSPS) is 48.0. The summed E-state index contributed by atoms with van der Waals surface area (Å²) in [6, 6.07) is 0. The van der Waals surface area contributed by atoms with Crippen LogP contribution in [0.25, 0.3) is 0 Å². The van der Waals surface area contributed by atoms with Gasteiger partial charge in [-0.15, -0.1) is 0 Å². The van der Waals surface area contributed by atoms with Crippen molar-refractivity contribution < 1.29 is 0 Å². The van der Waals surface area contributed by atoms with Gasteiger partial charge in [0.05, 0.1) is 0 Å². The van der Waals surface area contributed by atoms with E-state index in [1.165, 1.54) is 17.6 Å². The second-order valence-electron chi connectivity index (χ2n) is 10.0. The van der Waals surface area contributed by atoms with E-state index in [1.54, 1.807) is 0 Å². The van der Waals surface area contributed by atoms with E-state index >= 15 is 0 Å². The van der Waals surface area contributed by atoms with Gasteiger partial charge in [-0.3, -0.25) is 0 Å². The molecule has 4 N–H and O–H groups in total. The molecule has 0 radical (unpaired) electrons. The van der Waals surface area contributed by atoms with E-state index in [2.05, 4.69) is 58.9 Å². The van der Waals surface area contributed by atoms with E-state index in [9.17, 15) is 0 Å². The molecule has 25 heavy (non-hydrogen) atoms. The minimum Gasteiger partial charge on any atom is -0.325 e. The molecule has 2 heteroatoms. The van der Waals surface area contributed by atoms with Gasteiger partial charge in [-0.2, -0.15) is 0 Å². The van der Waals surface area contributed by atoms with Crippen molar-refractivity contribution in [3.63, 3.8) is 0 Å². The van der Waals surface area contributed by atoms with Gasteiger partial charge in [0.15, 0.2) is 0 Å². The Morgan fingerprint density at radius 1 is 1.00 bits per heavy atom. The highest BCUT2D eigenvalue weighted by atomic mass is 14.8. The molecule has 3 aliphatic carbocycles. The lowest BCUT2D eigenvalue weighted by Gasteiger charge is -2.47. The Morgan fingerprint density at radius 2 is 1.72 bits per heavy atom. The minimum atomic E-state index is -0.138. The van der Waals surface area contributed by atoms with Crippen molar-refractivity contribution in [2.45, 2.75) is 77.8 Å². The zero-order valence-electron chi connectivity index (χ0n) is 16.9. The molecule has 0 heterocycles. The molecule has 3 rings (SSSR count). The van der Waals surface area contributed by atoms with E-state index in [0.717, 1.165) is 31.6 Å². The maximum Gasteiger partial charge on any atom is 0.0232 e. The Morgan fingerprint density at radius 3 is 2.36 bits per heavy atom. The summed E-state index contributed by atoms with van der Waals surface area (Å²) in [5.74, 6) is 2.79. The predicted octanol–water partition coefficient (Wildman–Crippen LogP) is 4.96. The van der Waals surface area contributed by atoms with Gasteiger partial charge < -0.3 is 11.5 Å². The molecular weight excluding hydrogens is 304 g/mol. The molecule has 7 atom stereocenters. The first-order valence-corrected chi connectivity index (χ1v) is 10.3. The molecule has 0 aromatic rings. The van der Waals surface area contributed by atoms with E-state index in [0.29, 0.717) is 23.7 Å². The molecule has 3 aliphatic rings. The van der Waals surface area contributed by atoms with Crippen LogP contribution in [0, 0.1) is 29.6 Å². The van der Waals surface area contributed by atoms with E-state index in [-0.39, 0.29) is 11.1 Å². The fraction of sp³-hybridized carbons (Fsp3) is 0.739. The van der Waals surface area contributed by atoms with Crippen LogP contribution in [-0.2, 0) is 0 Å². The summed E-state index contributed by atoms with van der Waals surface area (Å²) in [6.45, 7) is 11.5. The van der Waals surface area contributed by atoms with Crippen LogP contribution in [0.3, 0.4) is 0 Å². The lowest BCUT2D eigenvalue weighted by atomic mass is 9.61. The van der Waals surface area contributed by atoms with Gasteiger partial charge in [0, 0.05) is 22.9 Å². The van der Waals surface area contributed by atoms with Gasteiger partial charge in [0.2, 0.25) is 0 Å². The summed E-state index contributed by atoms with van der Waals surface area (Å²) < 4.78 is 0. The summed E-state index contributed by atoms with van der Waals surface area (Å²) in [4.78, 5) is 0. The van der Waals surface area contributed by atoms with Crippen molar-refractivity contribution in [3.8, 4) is 0 Å².